The summed E-state index contributed by atoms with van der Waals surface area (Å²) in [4.78, 5) is 12.2. The molecule has 3 aliphatic carbocycles. The average Bonchev–Trinajstić information content (AvgIpc) is 2.99. The third-order valence-corrected chi connectivity index (χ3v) is 8.09. The molecule has 0 saturated heterocycles. The predicted molar refractivity (Wildman–Crippen MR) is 107 cm³/mol. The Labute approximate surface area is 163 Å². The summed E-state index contributed by atoms with van der Waals surface area (Å²) in [7, 11) is 0. The summed E-state index contributed by atoms with van der Waals surface area (Å²) in [5, 5.41) is 10.1. The summed E-state index contributed by atoms with van der Waals surface area (Å²) in [5.74, 6) is 2.40. The number of rotatable bonds is 4. The van der Waals surface area contributed by atoms with Crippen molar-refractivity contribution in [1.82, 2.24) is 0 Å². The Morgan fingerprint density at radius 1 is 1.26 bits per heavy atom. The highest BCUT2D eigenvalue weighted by atomic mass is 16.5. The van der Waals surface area contributed by atoms with E-state index in [2.05, 4.69) is 26.8 Å². The Hall–Kier alpha value is -1.51. The van der Waals surface area contributed by atoms with Gasteiger partial charge in [-0.2, -0.15) is 0 Å². The topological polar surface area (TPSA) is 46.5 Å². The largest absolute Gasteiger partial charge is 0.508 e. The maximum Gasteiger partial charge on any atom is 0.306 e. The van der Waals surface area contributed by atoms with E-state index in [0.29, 0.717) is 29.9 Å². The maximum absolute atomic E-state index is 12.2. The van der Waals surface area contributed by atoms with Crippen LogP contribution in [0.15, 0.2) is 12.1 Å². The quantitative estimate of drug-likeness (QED) is 0.696. The minimum Gasteiger partial charge on any atom is -0.508 e. The molecule has 148 valence electrons. The number of aromatic hydroxyl groups is 1. The van der Waals surface area contributed by atoms with Gasteiger partial charge >= 0.3 is 5.97 Å². The molecule has 2 saturated carbocycles. The van der Waals surface area contributed by atoms with Gasteiger partial charge in [-0.1, -0.05) is 26.3 Å². The average molecular weight is 371 g/mol. The fourth-order valence-corrected chi connectivity index (χ4v) is 6.52. The number of hydrogen-bond acceptors (Lipinski definition) is 3. The number of carbonyl (C=O) groups excluding carboxylic acids is 1. The summed E-state index contributed by atoms with van der Waals surface area (Å²) in [6, 6.07) is 4.06. The van der Waals surface area contributed by atoms with E-state index < -0.39 is 0 Å². The normalized spacial score (nSPS) is 34.5. The number of phenolic OH excluding ortho intramolecular Hbond substituents is 1. The van der Waals surface area contributed by atoms with E-state index in [4.69, 9.17) is 4.74 Å². The molecule has 3 aliphatic rings. The number of carbonyl (C=O) groups is 1. The highest BCUT2D eigenvalue weighted by molar-refractivity contribution is 5.69. The van der Waals surface area contributed by atoms with E-state index in [-0.39, 0.29) is 17.5 Å². The lowest BCUT2D eigenvalue weighted by atomic mass is 9.55. The lowest BCUT2D eigenvalue weighted by molar-refractivity contribution is -0.157. The number of fused-ring (bicyclic) bond motifs is 5. The van der Waals surface area contributed by atoms with Gasteiger partial charge in [-0.3, -0.25) is 4.79 Å². The molecular formula is C24H34O3. The van der Waals surface area contributed by atoms with Gasteiger partial charge in [0, 0.05) is 11.8 Å². The monoisotopic (exact) mass is 370 g/mol. The number of unbranched alkanes of at least 4 members (excludes halogenated alkanes) is 1. The standard InChI is InChI=1S/C24H34O3/c1-4-5-6-23(26)27-22-12-10-20-19-8-7-16-15(2)21(25)11-9-17(16)18(19)13-14-24(20,22)3/h9,11,18-20,22,25H,4-8,10,12-14H2,1-3H3. The van der Waals surface area contributed by atoms with Crippen LogP contribution in [-0.4, -0.2) is 17.2 Å². The van der Waals surface area contributed by atoms with Gasteiger partial charge < -0.3 is 9.84 Å². The molecule has 5 unspecified atom stereocenters. The van der Waals surface area contributed by atoms with Gasteiger partial charge in [0.25, 0.3) is 0 Å². The van der Waals surface area contributed by atoms with E-state index in [9.17, 15) is 9.90 Å². The molecule has 3 nitrogen and oxygen atoms in total. The number of esters is 1. The Balaban J connectivity index is 1.54. The van der Waals surface area contributed by atoms with Gasteiger partial charge in [0.15, 0.2) is 0 Å². The molecule has 0 spiro atoms. The van der Waals surface area contributed by atoms with Crippen LogP contribution >= 0.6 is 0 Å². The minimum atomic E-state index is 0.00550. The number of hydrogen-bond donors (Lipinski definition) is 1. The van der Waals surface area contributed by atoms with E-state index >= 15 is 0 Å². The Bertz CT molecular complexity index is 725. The van der Waals surface area contributed by atoms with Crippen molar-refractivity contribution in [2.75, 3.05) is 0 Å². The molecule has 0 amide bonds. The van der Waals surface area contributed by atoms with Crippen molar-refractivity contribution < 1.29 is 14.6 Å². The summed E-state index contributed by atoms with van der Waals surface area (Å²) < 4.78 is 6.00. The van der Waals surface area contributed by atoms with Gasteiger partial charge in [0.2, 0.25) is 0 Å². The molecule has 1 N–H and O–H groups in total. The molecule has 0 bridgehead atoms. The van der Waals surface area contributed by atoms with Gasteiger partial charge in [-0.25, -0.2) is 0 Å². The summed E-state index contributed by atoms with van der Waals surface area (Å²) in [6.07, 6.45) is 9.47. The van der Waals surface area contributed by atoms with E-state index in [1.54, 1.807) is 0 Å². The Morgan fingerprint density at radius 2 is 2.07 bits per heavy atom. The third kappa shape index (κ3) is 3.07. The second kappa shape index (κ2) is 7.14. The van der Waals surface area contributed by atoms with Crippen LogP contribution in [0.25, 0.3) is 0 Å². The molecule has 1 aromatic carbocycles. The fourth-order valence-electron chi connectivity index (χ4n) is 6.52. The van der Waals surface area contributed by atoms with Crippen molar-refractivity contribution in [2.45, 2.75) is 90.6 Å². The van der Waals surface area contributed by atoms with Crippen molar-refractivity contribution in [2.24, 2.45) is 17.3 Å². The zero-order valence-electron chi connectivity index (χ0n) is 17.1. The smallest absolute Gasteiger partial charge is 0.306 e. The molecule has 0 radical (unpaired) electrons. The minimum absolute atomic E-state index is 0.00550. The highest BCUT2D eigenvalue weighted by Gasteiger charge is 2.56. The molecule has 2 fully saturated rings. The van der Waals surface area contributed by atoms with Crippen LogP contribution in [0.5, 0.6) is 5.75 Å². The van der Waals surface area contributed by atoms with Crippen LogP contribution < -0.4 is 0 Å². The molecule has 1 aromatic rings. The maximum atomic E-state index is 12.2. The van der Waals surface area contributed by atoms with Crippen LogP contribution in [0.4, 0.5) is 0 Å². The first-order valence-corrected chi connectivity index (χ1v) is 11.0. The molecule has 3 heteroatoms. The van der Waals surface area contributed by atoms with Crippen LogP contribution in [0.1, 0.15) is 87.8 Å². The molecule has 0 heterocycles. The molecular weight excluding hydrogens is 336 g/mol. The van der Waals surface area contributed by atoms with E-state index in [1.807, 2.05) is 6.07 Å². The van der Waals surface area contributed by atoms with Crippen LogP contribution in [0, 0.1) is 24.2 Å². The lowest BCUT2D eigenvalue weighted by Crippen LogP contribution is -2.45. The highest BCUT2D eigenvalue weighted by Crippen LogP contribution is 2.61. The second-order valence-corrected chi connectivity index (χ2v) is 9.40. The van der Waals surface area contributed by atoms with Crippen LogP contribution in [0.2, 0.25) is 0 Å². The summed E-state index contributed by atoms with van der Waals surface area (Å²) in [6.45, 7) is 6.56. The van der Waals surface area contributed by atoms with Crippen molar-refractivity contribution in [3.05, 3.63) is 28.8 Å². The van der Waals surface area contributed by atoms with Crippen molar-refractivity contribution in [3.63, 3.8) is 0 Å². The zero-order chi connectivity index (χ0) is 19.2. The zero-order valence-corrected chi connectivity index (χ0v) is 17.1. The summed E-state index contributed by atoms with van der Waals surface area (Å²) in [5.41, 5.74) is 4.09. The van der Waals surface area contributed by atoms with E-state index in [0.717, 1.165) is 37.7 Å². The van der Waals surface area contributed by atoms with Crippen LogP contribution in [0.3, 0.4) is 0 Å². The van der Waals surface area contributed by atoms with Crippen molar-refractivity contribution >= 4 is 5.97 Å². The second-order valence-electron chi connectivity index (χ2n) is 9.40. The fraction of sp³-hybridized carbons (Fsp3) is 0.708. The van der Waals surface area contributed by atoms with Crippen molar-refractivity contribution in [1.29, 1.82) is 0 Å². The SMILES string of the molecule is CCCCC(=O)OC1CCC2C3CCc4c(ccc(O)c4C)C3CCC12C. The lowest BCUT2D eigenvalue weighted by Gasteiger charge is -2.50. The molecule has 0 aromatic heterocycles. The van der Waals surface area contributed by atoms with Crippen LogP contribution in [-0.2, 0) is 16.0 Å². The predicted octanol–water partition coefficient (Wildman–Crippen LogP) is 5.66. The van der Waals surface area contributed by atoms with Gasteiger partial charge in [0.05, 0.1) is 0 Å². The first kappa shape index (κ1) is 18.8. The number of benzene rings is 1. The molecule has 4 rings (SSSR count). The summed E-state index contributed by atoms with van der Waals surface area (Å²) >= 11 is 0. The first-order valence-electron chi connectivity index (χ1n) is 11.0. The third-order valence-electron chi connectivity index (χ3n) is 8.09. The first-order chi connectivity index (χ1) is 13.0. The molecule has 27 heavy (non-hydrogen) atoms. The van der Waals surface area contributed by atoms with Crippen molar-refractivity contribution in [3.8, 4) is 5.75 Å². The van der Waals surface area contributed by atoms with Gasteiger partial charge in [-0.05, 0) is 92.4 Å². The Morgan fingerprint density at radius 3 is 2.85 bits per heavy atom. The molecule has 0 aliphatic heterocycles. The van der Waals surface area contributed by atoms with Gasteiger partial charge in [0.1, 0.15) is 11.9 Å². The number of phenols is 1. The Kier molecular flexibility index (Phi) is 4.98. The van der Waals surface area contributed by atoms with Gasteiger partial charge in [-0.15, -0.1) is 0 Å². The molecule has 5 atom stereocenters. The van der Waals surface area contributed by atoms with E-state index in [1.165, 1.54) is 30.4 Å². The number of ether oxygens (including phenoxy) is 1.